The van der Waals surface area contributed by atoms with Crippen molar-refractivity contribution >= 4 is 17.5 Å². The number of ketones is 2. The molecule has 4 fully saturated rings. The van der Waals surface area contributed by atoms with Crippen LogP contribution in [0, 0.1) is 46.3 Å². The highest BCUT2D eigenvalue weighted by Crippen LogP contribution is 2.66. The van der Waals surface area contributed by atoms with Gasteiger partial charge in [0, 0.05) is 30.6 Å². The number of hydrogen-bond acceptors (Lipinski definition) is 4. The molecule has 0 radical (unpaired) electrons. The van der Waals surface area contributed by atoms with E-state index in [2.05, 4.69) is 20.8 Å². The Morgan fingerprint density at radius 1 is 1.10 bits per heavy atom. The fourth-order valence-corrected chi connectivity index (χ4v) is 8.28. The molecule has 4 nitrogen and oxygen atoms in total. The molecule has 0 heterocycles. The maximum atomic E-state index is 13.7. The maximum Gasteiger partial charge on any atom is 0.305 e. The maximum absolute atomic E-state index is 13.7. The van der Waals surface area contributed by atoms with Crippen LogP contribution in [0.1, 0.15) is 85.0 Å². The molecule has 4 saturated carbocycles. The number of fused-ring (bicyclic) bond motifs is 5. The Morgan fingerprint density at radius 2 is 1.86 bits per heavy atom. The van der Waals surface area contributed by atoms with Gasteiger partial charge in [-0.25, -0.2) is 0 Å². The molecule has 0 unspecified atom stereocenters. The molecule has 4 rings (SSSR count). The van der Waals surface area contributed by atoms with Gasteiger partial charge in [-0.2, -0.15) is 0 Å². The molecule has 0 aliphatic heterocycles. The molecule has 8 atom stereocenters. The van der Waals surface area contributed by atoms with Crippen LogP contribution < -0.4 is 0 Å². The predicted molar refractivity (Wildman–Crippen MR) is 111 cm³/mol. The number of carbonyl (C=O) groups is 3. The molecule has 0 aromatic rings. The average molecular weight is 403 g/mol. The Balaban J connectivity index is 1.60. The van der Waals surface area contributed by atoms with E-state index in [0.29, 0.717) is 36.2 Å². The smallest absolute Gasteiger partial charge is 0.305 e. The zero-order chi connectivity index (χ0) is 21.0. The third kappa shape index (κ3) is 3.11. The topological polar surface area (TPSA) is 60.4 Å². The standard InChI is InChI=1S/C25H38O4/c1-15(8-11-22(28)29-4)17-9-10-18-23-19(14-21(27)25(17,18)3)24(2)12-6-5-7-16(24)13-20(23)26/h15-19,23H,5-14H2,1-4H3/t15-,16-,17+,18+,19+,23-,24-,25+/m0/s1. The summed E-state index contributed by atoms with van der Waals surface area (Å²) in [6.45, 7) is 6.73. The average Bonchev–Trinajstić information content (AvgIpc) is 3.05. The molecule has 0 bridgehead atoms. The van der Waals surface area contributed by atoms with Crippen LogP contribution in [0.4, 0.5) is 0 Å². The summed E-state index contributed by atoms with van der Waals surface area (Å²) >= 11 is 0. The lowest BCUT2D eigenvalue weighted by Crippen LogP contribution is -2.59. The van der Waals surface area contributed by atoms with Crippen LogP contribution in [0.25, 0.3) is 0 Å². The quantitative estimate of drug-likeness (QED) is 0.622. The van der Waals surface area contributed by atoms with Crippen molar-refractivity contribution in [2.24, 2.45) is 46.3 Å². The van der Waals surface area contributed by atoms with Gasteiger partial charge in [-0.1, -0.05) is 33.6 Å². The van der Waals surface area contributed by atoms with Crippen molar-refractivity contribution in [3.05, 3.63) is 0 Å². The molecule has 0 amide bonds. The molecular formula is C25H38O4. The first-order valence-electron chi connectivity index (χ1n) is 11.9. The summed E-state index contributed by atoms with van der Waals surface area (Å²) in [4.78, 5) is 38.7. The molecule has 0 aromatic carbocycles. The van der Waals surface area contributed by atoms with E-state index < -0.39 is 5.41 Å². The molecule has 4 aliphatic carbocycles. The summed E-state index contributed by atoms with van der Waals surface area (Å²) in [5, 5.41) is 0. The highest BCUT2D eigenvalue weighted by atomic mass is 16.5. The number of ether oxygens (including phenoxy) is 1. The van der Waals surface area contributed by atoms with Gasteiger partial charge in [0.05, 0.1) is 7.11 Å². The molecular weight excluding hydrogens is 364 g/mol. The van der Waals surface area contributed by atoms with Gasteiger partial charge in [0.1, 0.15) is 11.6 Å². The van der Waals surface area contributed by atoms with E-state index in [1.54, 1.807) is 0 Å². The van der Waals surface area contributed by atoms with Crippen LogP contribution in [0.2, 0.25) is 0 Å². The summed E-state index contributed by atoms with van der Waals surface area (Å²) in [5.74, 6) is 2.26. The van der Waals surface area contributed by atoms with Gasteiger partial charge in [0.15, 0.2) is 0 Å². The fourth-order valence-electron chi connectivity index (χ4n) is 8.28. The van der Waals surface area contributed by atoms with Crippen LogP contribution in [0.15, 0.2) is 0 Å². The first kappa shape index (κ1) is 21.1. The lowest BCUT2D eigenvalue weighted by Gasteiger charge is -2.59. The third-order valence-corrected chi connectivity index (χ3v) is 10.0. The lowest BCUT2D eigenvalue weighted by atomic mass is 9.44. The highest BCUT2D eigenvalue weighted by molar-refractivity contribution is 5.92. The van der Waals surface area contributed by atoms with Crippen molar-refractivity contribution in [1.29, 1.82) is 0 Å². The molecule has 4 heteroatoms. The Labute approximate surface area is 175 Å². The Bertz CT molecular complexity index is 699. The normalized spacial score (nSPS) is 45.2. The Hall–Kier alpha value is -1.19. The number of rotatable bonds is 4. The monoisotopic (exact) mass is 402 g/mol. The van der Waals surface area contributed by atoms with E-state index in [4.69, 9.17) is 4.74 Å². The van der Waals surface area contributed by atoms with Gasteiger partial charge in [-0.15, -0.1) is 0 Å². The fraction of sp³-hybridized carbons (Fsp3) is 0.880. The van der Waals surface area contributed by atoms with E-state index in [-0.39, 0.29) is 35.1 Å². The number of carbonyl (C=O) groups excluding carboxylic acids is 3. The van der Waals surface area contributed by atoms with Gasteiger partial charge < -0.3 is 4.74 Å². The minimum atomic E-state index is -0.399. The molecule has 0 aromatic heterocycles. The lowest BCUT2D eigenvalue weighted by molar-refractivity contribution is -0.165. The first-order chi connectivity index (χ1) is 13.7. The minimum Gasteiger partial charge on any atom is -0.469 e. The van der Waals surface area contributed by atoms with Crippen LogP contribution in [-0.4, -0.2) is 24.6 Å². The largest absolute Gasteiger partial charge is 0.469 e. The minimum absolute atomic E-state index is 0.0786. The van der Waals surface area contributed by atoms with Crippen molar-refractivity contribution < 1.29 is 19.1 Å². The number of Topliss-reactive ketones (excluding diaryl/α,β-unsaturated/α-hetero) is 2. The van der Waals surface area contributed by atoms with Crippen molar-refractivity contribution in [3.63, 3.8) is 0 Å². The summed E-state index contributed by atoms with van der Waals surface area (Å²) in [6.07, 6.45) is 9.32. The second-order valence-electron chi connectivity index (χ2n) is 11.0. The zero-order valence-corrected chi connectivity index (χ0v) is 18.7. The second-order valence-corrected chi connectivity index (χ2v) is 11.0. The van der Waals surface area contributed by atoms with Crippen molar-refractivity contribution in [2.45, 2.75) is 85.0 Å². The summed E-state index contributed by atoms with van der Waals surface area (Å²) in [6, 6.07) is 0. The van der Waals surface area contributed by atoms with Gasteiger partial charge in [0.25, 0.3) is 0 Å². The van der Waals surface area contributed by atoms with Gasteiger partial charge in [-0.3, -0.25) is 14.4 Å². The third-order valence-electron chi connectivity index (χ3n) is 10.0. The molecule has 0 saturated heterocycles. The SMILES string of the molecule is COC(=O)CC[C@H](C)[C@H]1CC[C@@H]2[C@@H]3C(=O)C[C@@H]4CCCC[C@]4(C)[C@@H]3CC(=O)[C@@]21C. The first-order valence-corrected chi connectivity index (χ1v) is 11.9. The van der Waals surface area contributed by atoms with Gasteiger partial charge in [-0.05, 0) is 67.1 Å². The molecule has 4 aliphatic rings. The summed E-state index contributed by atoms with van der Waals surface area (Å²) in [5.41, 5.74) is -0.230. The predicted octanol–water partition coefficient (Wildman–Crippen LogP) is 4.98. The van der Waals surface area contributed by atoms with Crippen LogP contribution in [0.3, 0.4) is 0 Å². The van der Waals surface area contributed by atoms with E-state index in [0.717, 1.165) is 32.1 Å². The van der Waals surface area contributed by atoms with Crippen LogP contribution in [-0.2, 0) is 19.1 Å². The van der Waals surface area contributed by atoms with Gasteiger partial charge >= 0.3 is 5.97 Å². The Kier molecular flexibility index (Phi) is 5.44. The molecule has 162 valence electrons. The summed E-state index contributed by atoms with van der Waals surface area (Å²) < 4.78 is 4.81. The van der Waals surface area contributed by atoms with Crippen molar-refractivity contribution in [3.8, 4) is 0 Å². The van der Waals surface area contributed by atoms with Crippen LogP contribution >= 0.6 is 0 Å². The van der Waals surface area contributed by atoms with Gasteiger partial charge in [0.2, 0.25) is 0 Å². The van der Waals surface area contributed by atoms with Crippen LogP contribution in [0.5, 0.6) is 0 Å². The zero-order valence-electron chi connectivity index (χ0n) is 18.7. The highest BCUT2D eigenvalue weighted by Gasteiger charge is 2.65. The molecule has 29 heavy (non-hydrogen) atoms. The Morgan fingerprint density at radius 3 is 2.59 bits per heavy atom. The van der Waals surface area contributed by atoms with E-state index >= 15 is 0 Å². The number of esters is 1. The number of methoxy groups -OCH3 is 1. The second kappa shape index (κ2) is 7.50. The van der Waals surface area contributed by atoms with E-state index in [1.807, 2.05) is 0 Å². The van der Waals surface area contributed by atoms with Crippen molar-refractivity contribution in [1.82, 2.24) is 0 Å². The van der Waals surface area contributed by atoms with E-state index in [9.17, 15) is 14.4 Å². The molecule has 0 N–H and O–H groups in total. The van der Waals surface area contributed by atoms with Crippen molar-refractivity contribution in [2.75, 3.05) is 7.11 Å². The molecule has 0 spiro atoms. The number of hydrogen-bond donors (Lipinski definition) is 0. The van der Waals surface area contributed by atoms with E-state index in [1.165, 1.54) is 26.4 Å². The summed E-state index contributed by atoms with van der Waals surface area (Å²) in [7, 11) is 1.43.